The first-order valence-electron chi connectivity index (χ1n) is 20.7. The van der Waals surface area contributed by atoms with E-state index in [2.05, 4.69) is 81.5 Å². The molecule has 47 heavy (non-hydrogen) atoms. The summed E-state index contributed by atoms with van der Waals surface area (Å²) < 4.78 is 14.1. The Hall–Kier alpha value is -1.16. The normalized spacial score (nSPS) is 25.3. The van der Waals surface area contributed by atoms with Crippen molar-refractivity contribution < 1.29 is 9.47 Å². The molecule has 3 nitrogen and oxygen atoms in total. The van der Waals surface area contributed by atoms with Gasteiger partial charge in [-0.25, -0.2) is 0 Å². The lowest BCUT2D eigenvalue weighted by Gasteiger charge is -2.33. The minimum Gasteiger partial charge on any atom is -0.344 e. The predicted octanol–water partition coefficient (Wildman–Crippen LogP) is 13.1. The molecule has 1 heterocycles. The fourth-order valence-electron chi connectivity index (χ4n) is 8.40. The maximum absolute atomic E-state index is 7.05. The highest BCUT2D eigenvalue weighted by Crippen LogP contribution is 2.55. The van der Waals surface area contributed by atoms with E-state index in [1.807, 2.05) is 0 Å². The third kappa shape index (κ3) is 15.5. The first-order valence-corrected chi connectivity index (χ1v) is 20.7. The van der Waals surface area contributed by atoms with Gasteiger partial charge in [-0.1, -0.05) is 140 Å². The van der Waals surface area contributed by atoms with Crippen LogP contribution in [0.2, 0.25) is 0 Å². The Morgan fingerprint density at radius 1 is 0.511 bits per heavy atom. The van der Waals surface area contributed by atoms with Crippen LogP contribution in [0.5, 0.6) is 0 Å². The summed E-state index contributed by atoms with van der Waals surface area (Å²) in [6.07, 6.45) is 52.6. The Morgan fingerprint density at radius 2 is 0.936 bits per heavy atom. The SMILES string of the molecule is CCCC/C=C\C/C=C\CCCCCCCCC1(CCCCCCCC/C=C\C/C=C\CCCC)O[C@@H]2C3CC([C@@H]2O1)[C@@H](N(C)C)C3. The molecular weight excluding hydrogens is 574 g/mol. The van der Waals surface area contributed by atoms with E-state index >= 15 is 0 Å². The highest BCUT2D eigenvalue weighted by molar-refractivity contribution is 5.09. The van der Waals surface area contributed by atoms with Crippen molar-refractivity contribution in [2.75, 3.05) is 14.1 Å². The molecular formula is C44H77NO2. The number of hydrogen-bond acceptors (Lipinski definition) is 3. The number of unbranched alkanes of at least 4 members (excludes halogenated alkanes) is 16. The van der Waals surface area contributed by atoms with Gasteiger partial charge in [0.2, 0.25) is 0 Å². The Morgan fingerprint density at radius 3 is 1.40 bits per heavy atom. The average Bonchev–Trinajstić information content (AvgIpc) is 3.76. The molecule has 2 aliphatic carbocycles. The lowest BCUT2D eigenvalue weighted by Crippen LogP contribution is -2.43. The summed E-state index contributed by atoms with van der Waals surface area (Å²) >= 11 is 0. The van der Waals surface area contributed by atoms with E-state index in [4.69, 9.17) is 9.47 Å². The molecule has 3 fully saturated rings. The highest BCUT2D eigenvalue weighted by atomic mass is 16.8. The highest BCUT2D eigenvalue weighted by Gasteiger charge is 2.62. The fraction of sp³-hybridized carbons (Fsp3) is 0.818. The largest absolute Gasteiger partial charge is 0.344 e. The summed E-state index contributed by atoms with van der Waals surface area (Å²) in [5.41, 5.74) is 0. The molecule has 3 heteroatoms. The van der Waals surface area contributed by atoms with Crippen LogP contribution in [0.1, 0.15) is 181 Å². The van der Waals surface area contributed by atoms with Crippen molar-refractivity contribution in [2.24, 2.45) is 11.8 Å². The zero-order valence-corrected chi connectivity index (χ0v) is 31.7. The maximum Gasteiger partial charge on any atom is 0.169 e. The van der Waals surface area contributed by atoms with E-state index in [1.165, 1.54) is 141 Å². The molecule has 3 rings (SSSR count). The summed E-state index contributed by atoms with van der Waals surface area (Å²) in [7, 11) is 4.52. The van der Waals surface area contributed by atoms with Crippen LogP contribution in [0.15, 0.2) is 48.6 Å². The van der Waals surface area contributed by atoms with Crippen molar-refractivity contribution >= 4 is 0 Å². The molecule has 2 unspecified atom stereocenters. The Kier molecular flexibility index (Phi) is 21.3. The van der Waals surface area contributed by atoms with Gasteiger partial charge >= 0.3 is 0 Å². The minimum absolute atomic E-state index is 0.307. The number of hydrogen-bond donors (Lipinski definition) is 0. The molecule has 1 aliphatic heterocycles. The number of fused-ring (bicyclic) bond motifs is 5. The van der Waals surface area contributed by atoms with Crippen molar-refractivity contribution in [1.29, 1.82) is 0 Å². The van der Waals surface area contributed by atoms with Gasteiger partial charge in [-0.15, -0.1) is 0 Å². The van der Waals surface area contributed by atoms with Gasteiger partial charge in [-0.3, -0.25) is 0 Å². The van der Waals surface area contributed by atoms with Crippen molar-refractivity contribution in [1.82, 2.24) is 4.90 Å². The lowest BCUT2D eigenvalue weighted by molar-refractivity contribution is -0.196. The summed E-state index contributed by atoms with van der Waals surface area (Å²) in [4.78, 5) is 2.45. The molecule has 0 aromatic heterocycles. The monoisotopic (exact) mass is 652 g/mol. The molecule has 3 aliphatic rings. The van der Waals surface area contributed by atoms with E-state index in [1.54, 1.807) is 0 Å². The molecule has 0 aromatic rings. The Bertz CT molecular complexity index is 841. The van der Waals surface area contributed by atoms with E-state index in [0.717, 1.165) is 25.7 Å². The Labute approximate surface area is 293 Å². The molecule has 0 amide bonds. The third-order valence-corrected chi connectivity index (χ3v) is 11.2. The van der Waals surface area contributed by atoms with E-state index in [0.29, 0.717) is 30.1 Å². The maximum atomic E-state index is 7.05. The molecule has 0 N–H and O–H groups in total. The second kappa shape index (κ2) is 24.9. The van der Waals surface area contributed by atoms with Crippen molar-refractivity contribution in [3.05, 3.63) is 48.6 Å². The van der Waals surface area contributed by atoms with Crippen molar-refractivity contribution in [3.8, 4) is 0 Å². The number of ether oxygens (including phenoxy) is 2. The predicted molar refractivity (Wildman–Crippen MR) is 205 cm³/mol. The summed E-state index contributed by atoms with van der Waals surface area (Å²) in [5.74, 6) is 1.06. The first-order chi connectivity index (χ1) is 23.1. The van der Waals surface area contributed by atoms with Crippen LogP contribution in [0.25, 0.3) is 0 Å². The quantitative estimate of drug-likeness (QED) is 0.0593. The van der Waals surface area contributed by atoms with Crippen LogP contribution in [0.3, 0.4) is 0 Å². The number of allylic oxidation sites excluding steroid dienone is 8. The zero-order chi connectivity index (χ0) is 33.4. The fourth-order valence-corrected chi connectivity index (χ4v) is 8.40. The second-order valence-corrected chi connectivity index (χ2v) is 15.5. The van der Waals surface area contributed by atoms with Crippen LogP contribution in [-0.4, -0.2) is 43.0 Å². The van der Waals surface area contributed by atoms with Crippen LogP contribution in [0, 0.1) is 11.8 Å². The van der Waals surface area contributed by atoms with Gasteiger partial charge in [0, 0.05) is 24.8 Å². The summed E-state index contributed by atoms with van der Waals surface area (Å²) in [6, 6.07) is 0.676. The third-order valence-electron chi connectivity index (χ3n) is 11.2. The molecule has 270 valence electrons. The number of rotatable bonds is 29. The first kappa shape index (κ1) is 40.3. The molecule has 2 saturated carbocycles. The Balaban J connectivity index is 1.29. The number of nitrogens with zero attached hydrogens (tertiary/aromatic N) is 1. The summed E-state index contributed by atoms with van der Waals surface area (Å²) in [6.45, 7) is 4.52. The molecule has 1 saturated heterocycles. The molecule has 0 aromatic carbocycles. The van der Waals surface area contributed by atoms with Crippen LogP contribution >= 0.6 is 0 Å². The molecule has 0 spiro atoms. The van der Waals surface area contributed by atoms with E-state index < -0.39 is 0 Å². The van der Waals surface area contributed by atoms with E-state index in [9.17, 15) is 0 Å². The lowest BCUT2D eigenvalue weighted by atomic mass is 9.90. The van der Waals surface area contributed by atoms with E-state index in [-0.39, 0.29) is 5.79 Å². The van der Waals surface area contributed by atoms with Crippen molar-refractivity contribution in [2.45, 2.75) is 205 Å². The van der Waals surface area contributed by atoms with Crippen LogP contribution < -0.4 is 0 Å². The van der Waals surface area contributed by atoms with Gasteiger partial charge in [-0.2, -0.15) is 0 Å². The van der Waals surface area contributed by atoms with Gasteiger partial charge in [0.05, 0.1) is 12.2 Å². The smallest absolute Gasteiger partial charge is 0.169 e. The average molecular weight is 652 g/mol. The van der Waals surface area contributed by atoms with Crippen LogP contribution in [-0.2, 0) is 9.47 Å². The van der Waals surface area contributed by atoms with Gasteiger partial charge in [0.15, 0.2) is 5.79 Å². The van der Waals surface area contributed by atoms with Crippen molar-refractivity contribution in [3.63, 3.8) is 0 Å². The molecule has 5 atom stereocenters. The van der Waals surface area contributed by atoms with Gasteiger partial charge in [0.25, 0.3) is 0 Å². The minimum atomic E-state index is -0.307. The zero-order valence-electron chi connectivity index (χ0n) is 31.7. The standard InChI is InChI=1S/C44H77NO2/c1-5-7-9-11-13-15-17-19-21-23-25-27-29-31-33-35-44(46-42-39-37-40(43(42)47-44)41(38-39)45(3)4)36-34-32-30-28-26-24-22-20-18-16-14-12-10-8-6-2/h11-14,17-20,39-43H,5-10,15-16,21-38H2,1-4H3/b13-11-,14-12-,19-17-,20-18-/t39?,40?,41-,42+,43-/m0/s1. The van der Waals surface area contributed by atoms with Gasteiger partial charge < -0.3 is 14.4 Å². The summed E-state index contributed by atoms with van der Waals surface area (Å²) in [5, 5.41) is 0. The topological polar surface area (TPSA) is 21.7 Å². The molecule has 0 radical (unpaired) electrons. The second-order valence-electron chi connectivity index (χ2n) is 15.5. The van der Waals surface area contributed by atoms with Crippen LogP contribution in [0.4, 0.5) is 0 Å². The molecule has 2 bridgehead atoms. The van der Waals surface area contributed by atoms with Gasteiger partial charge in [0.1, 0.15) is 0 Å². The van der Waals surface area contributed by atoms with Gasteiger partial charge in [-0.05, 0) is 97.1 Å².